The number of anilines is 1. The van der Waals surface area contributed by atoms with Crippen molar-refractivity contribution < 1.29 is 21.6 Å². The number of aryl methyl sites for hydroxylation is 6. The smallest absolute Gasteiger partial charge is 0.356 e. The van der Waals surface area contributed by atoms with Gasteiger partial charge in [-0.15, -0.1) is 0 Å². The van der Waals surface area contributed by atoms with Crippen LogP contribution in [0.1, 0.15) is 71.7 Å². The molecule has 0 aliphatic heterocycles. The first-order valence-electron chi connectivity index (χ1n) is 17.9. The van der Waals surface area contributed by atoms with Crippen LogP contribution in [0.25, 0.3) is 33.7 Å². The van der Waals surface area contributed by atoms with Crippen molar-refractivity contribution in [2.24, 2.45) is 5.14 Å². The van der Waals surface area contributed by atoms with E-state index in [1.165, 1.54) is 76.1 Å². The monoisotopic (exact) mass is 759 g/mol. The molecule has 54 heavy (non-hydrogen) atoms. The Morgan fingerprint density at radius 2 is 1.43 bits per heavy atom. The summed E-state index contributed by atoms with van der Waals surface area (Å²) in [7, 11) is -3.90. The summed E-state index contributed by atoms with van der Waals surface area (Å²) in [5.74, 6) is 1.92. The SMILES string of the molecule is CCCCN(CC)c1nc(C)nc2c1c(C)c(C)n2-c1c(C)cc(C)cc1C.Cc1ccc(-c2cc(C(F)(F)F)nn2-c2ccc(S(N)(=O)=O)cc2)cc1. The van der Waals surface area contributed by atoms with Crippen molar-refractivity contribution in [1.29, 1.82) is 0 Å². The van der Waals surface area contributed by atoms with Crippen molar-refractivity contribution >= 4 is 26.9 Å². The highest BCUT2D eigenvalue weighted by Gasteiger charge is 2.35. The summed E-state index contributed by atoms with van der Waals surface area (Å²) in [4.78, 5) is 12.1. The average molecular weight is 760 g/mol. The number of halogens is 3. The van der Waals surface area contributed by atoms with E-state index >= 15 is 0 Å². The summed E-state index contributed by atoms with van der Waals surface area (Å²) < 4.78 is 65.5. The zero-order chi connectivity index (χ0) is 39.7. The Balaban J connectivity index is 0.000000208. The molecule has 0 saturated carbocycles. The molecule has 3 heterocycles. The first-order chi connectivity index (χ1) is 25.3. The second-order valence-corrected chi connectivity index (χ2v) is 15.3. The van der Waals surface area contributed by atoms with Crippen molar-refractivity contribution in [3.8, 4) is 22.6 Å². The molecule has 13 heteroatoms. The van der Waals surface area contributed by atoms with Crippen LogP contribution in [-0.2, 0) is 16.2 Å². The van der Waals surface area contributed by atoms with Crippen molar-refractivity contribution in [3.63, 3.8) is 0 Å². The lowest BCUT2D eigenvalue weighted by Gasteiger charge is -2.23. The van der Waals surface area contributed by atoms with E-state index in [2.05, 4.69) is 75.2 Å². The third kappa shape index (κ3) is 8.37. The van der Waals surface area contributed by atoms with Crippen molar-refractivity contribution in [3.05, 3.63) is 112 Å². The highest BCUT2D eigenvalue weighted by molar-refractivity contribution is 7.89. The molecule has 0 atom stereocenters. The maximum Gasteiger partial charge on any atom is 0.435 e. The van der Waals surface area contributed by atoms with E-state index in [0.717, 1.165) is 46.7 Å². The van der Waals surface area contributed by atoms with Gasteiger partial charge in [-0.05, 0) is 109 Å². The molecule has 0 fully saturated rings. The number of aromatic nitrogens is 5. The van der Waals surface area contributed by atoms with Crippen molar-refractivity contribution in [2.75, 3.05) is 18.0 Å². The number of nitrogens with zero attached hydrogens (tertiary/aromatic N) is 6. The van der Waals surface area contributed by atoms with Crippen molar-refractivity contribution in [2.45, 2.75) is 86.2 Å². The molecular formula is C41H48F3N7O2S. The number of alkyl halides is 3. The Kier molecular flexibility index (Phi) is 11.7. The van der Waals surface area contributed by atoms with Gasteiger partial charge in [0.15, 0.2) is 11.3 Å². The fraction of sp³-hybridized carbons (Fsp3) is 0.341. The number of primary sulfonamides is 1. The number of fused-ring (bicyclic) bond motifs is 1. The first-order valence-corrected chi connectivity index (χ1v) is 19.5. The zero-order valence-corrected chi connectivity index (χ0v) is 33.1. The number of sulfonamides is 1. The van der Waals surface area contributed by atoms with Crippen LogP contribution in [0.5, 0.6) is 0 Å². The lowest BCUT2D eigenvalue weighted by atomic mass is 10.0. The molecule has 0 amide bonds. The van der Waals surface area contributed by atoms with Crippen LogP contribution in [0.3, 0.4) is 0 Å². The number of hydrogen-bond donors (Lipinski definition) is 1. The summed E-state index contributed by atoms with van der Waals surface area (Å²) >= 11 is 0. The highest BCUT2D eigenvalue weighted by Crippen LogP contribution is 2.36. The van der Waals surface area contributed by atoms with Gasteiger partial charge in [-0.2, -0.15) is 18.3 Å². The van der Waals surface area contributed by atoms with Crippen LogP contribution in [0.4, 0.5) is 19.0 Å². The zero-order valence-electron chi connectivity index (χ0n) is 32.3. The van der Waals surface area contributed by atoms with Gasteiger partial charge in [0, 0.05) is 24.3 Å². The van der Waals surface area contributed by atoms with Gasteiger partial charge in [-0.3, -0.25) is 4.57 Å². The van der Waals surface area contributed by atoms with E-state index in [-0.39, 0.29) is 16.3 Å². The Morgan fingerprint density at radius 1 is 0.815 bits per heavy atom. The second-order valence-electron chi connectivity index (χ2n) is 13.7. The Morgan fingerprint density at radius 3 is 1.96 bits per heavy atom. The molecule has 0 aliphatic carbocycles. The van der Waals surface area contributed by atoms with E-state index in [1.807, 2.05) is 13.8 Å². The molecule has 2 N–H and O–H groups in total. The van der Waals surface area contributed by atoms with Gasteiger partial charge in [-0.1, -0.05) is 60.9 Å². The van der Waals surface area contributed by atoms with Gasteiger partial charge < -0.3 is 4.90 Å². The van der Waals surface area contributed by atoms with Crippen LogP contribution >= 0.6 is 0 Å². The number of nitrogens with two attached hydrogens (primary N) is 1. The predicted octanol–water partition coefficient (Wildman–Crippen LogP) is 9.41. The maximum absolute atomic E-state index is 13.1. The predicted molar refractivity (Wildman–Crippen MR) is 210 cm³/mol. The fourth-order valence-corrected chi connectivity index (χ4v) is 7.28. The highest BCUT2D eigenvalue weighted by atomic mass is 32.2. The normalized spacial score (nSPS) is 11.9. The lowest BCUT2D eigenvalue weighted by Crippen LogP contribution is -2.25. The van der Waals surface area contributed by atoms with E-state index < -0.39 is 21.9 Å². The minimum atomic E-state index is -4.61. The molecule has 0 unspecified atom stereocenters. The number of rotatable bonds is 9. The van der Waals surface area contributed by atoms with E-state index in [0.29, 0.717) is 5.56 Å². The van der Waals surface area contributed by atoms with Crippen LogP contribution in [0.2, 0.25) is 0 Å². The van der Waals surface area contributed by atoms with Crippen LogP contribution in [0.15, 0.2) is 71.6 Å². The van der Waals surface area contributed by atoms with E-state index in [9.17, 15) is 21.6 Å². The minimum absolute atomic E-state index is 0.138. The average Bonchev–Trinajstić information content (AvgIpc) is 3.65. The number of hydrogen-bond acceptors (Lipinski definition) is 6. The third-order valence-corrected chi connectivity index (χ3v) is 10.5. The summed E-state index contributed by atoms with van der Waals surface area (Å²) in [6, 6.07) is 17.6. The molecule has 9 nitrogen and oxygen atoms in total. The molecule has 3 aromatic carbocycles. The third-order valence-electron chi connectivity index (χ3n) is 9.53. The molecule has 6 rings (SSSR count). The maximum atomic E-state index is 13.1. The Hall–Kier alpha value is -5.01. The minimum Gasteiger partial charge on any atom is -0.356 e. The van der Waals surface area contributed by atoms with Gasteiger partial charge in [0.2, 0.25) is 10.0 Å². The van der Waals surface area contributed by atoms with Gasteiger partial charge in [0.05, 0.1) is 27.4 Å². The molecule has 0 radical (unpaired) electrons. The molecule has 3 aromatic heterocycles. The van der Waals surface area contributed by atoms with Crippen LogP contribution in [0, 0.1) is 48.5 Å². The molecule has 0 saturated heterocycles. The summed E-state index contributed by atoms with van der Waals surface area (Å²) in [5, 5.41) is 9.89. The van der Waals surface area contributed by atoms with Gasteiger partial charge in [0.25, 0.3) is 0 Å². The van der Waals surface area contributed by atoms with Crippen LogP contribution in [-0.4, -0.2) is 45.8 Å². The standard InChI is InChI=1S/C24H34N4.C17H14F3N3O2S/c1-9-11-12-27(10-2)23-21-18(6)19(7)28(24(21)26-20(8)25-23)22-16(4)13-15(3)14-17(22)5;1-11-2-4-12(5-3-11)15-10-16(17(18,19)20)22-23(15)13-6-8-14(9-7-13)26(21,24)25/h13-14H,9-12H2,1-8H3;2-10H,1H3,(H2,21,24,25). The Bertz CT molecular complexity index is 2370. The number of benzene rings is 3. The molecule has 0 aliphatic rings. The van der Waals surface area contributed by atoms with Crippen LogP contribution < -0.4 is 10.0 Å². The topological polar surface area (TPSA) is 112 Å². The van der Waals surface area contributed by atoms with Gasteiger partial charge in [0.1, 0.15) is 11.6 Å². The van der Waals surface area contributed by atoms with E-state index in [1.54, 1.807) is 24.3 Å². The van der Waals surface area contributed by atoms with Gasteiger partial charge in [-0.25, -0.2) is 28.2 Å². The second kappa shape index (κ2) is 15.8. The first kappa shape index (κ1) is 40.2. The number of unbranched alkanes of at least 4 members (excludes halogenated alkanes) is 1. The molecule has 6 aromatic rings. The molecule has 286 valence electrons. The Labute approximate surface area is 315 Å². The summed E-state index contributed by atoms with van der Waals surface area (Å²) in [6.45, 7) is 21.3. The molecule has 0 spiro atoms. The molecule has 0 bridgehead atoms. The van der Waals surface area contributed by atoms with Crippen molar-refractivity contribution in [1.82, 2.24) is 24.3 Å². The summed E-state index contributed by atoms with van der Waals surface area (Å²) in [6.07, 6.45) is -2.25. The largest absolute Gasteiger partial charge is 0.435 e. The fourth-order valence-electron chi connectivity index (χ4n) is 6.76. The summed E-state index contributed by atoms with van der Waals surface area (Å²) in [5.41, 5.74) is 9.67. The quantitative estimate of drug-likeness (QED) is 0.157. The van der Waals surface area contributed by atoms with Gasteiger partial charge >= 0.3 is 6.18 Å². The van der Waals surface area contributed by atoms with E-state index in [4.69, 9.17) is 15.1 Å². The molecular weight excluding hydrogens is 712 g/mol. The lowest BCUT2D eigenvalue weighted by molar-refractivity contribution is -0.141.